The summed E-state index contributed by atoms with van der Waals surface area (Å²) in [7, 11) is 2.87. The van der Waals surface area contributed by atoms with Gasteiger partial charge < -0.3 is 29.7 Å². The molecule has 2 aliphatic carbocycles. The Kier molecular flexibility index (Phi) is 11.1. The van der Waals surface area contributed by atoms with Crippen LogP contribution in [-0.2, 0) is 30.4 Å². The molecule has 12 nitrogen and oxygen atoms in total. The minimum absolute atomic E-state index is 0.0297. The van der Waals surface area contributed by atoms with E-state index in [1.165, 1.54) is 7.11 Å². The zero-order valence-corrected chi connectivity index (χ0v) is 32.7. The predicted molar refractivity (Wildman–Crippen MR) is 216 cm³/mol. The van der Waals surface area contributed by atoms with Crippen molar-refractivity contribution in [3.05, 3.63) is 107 Å². The summed E-state index contributed by atoms with van der Waals surface area (Å²) in [5.41, 5.74) is 7.83. The van der Waals surface area contributed by atoms with Gasteiger partial charge in [-0.2, -0.15) is 0 Å². The molecule has 57 heavy (non-hydrogen) atoms. The lowest BCUT2D eigenvalue weighted by Gasteiger charge is -2.30. The van der Waals surface area contributed by atoms with Crippen LogP contribution in [0.4, 0.5) is 0 Å². The number of hydrogen-bond acceptors (Lipinski definition) is 8. The Labute approximate surface area is 332 Å². The number of benzene rings is 2. The lowest BCUT2D eigenvalue weighted by atomic mass is 9.75. The molecule has 296 valence electrons. The minimum atomic E-state index is -0.638. The first kappa shape index (κ1) is 38.3. The maximum Gasteiger partial charge on any atom is 0.306 e. The second kappa shape index (κ2) is 16.5. The third-order valence-electron chi connectivity index (χ3n) is 12.8. The second-order valence-electron chi connectivity index (χ2n) is 15.9. The highest BCUT2D eigenvalue weighted by molar-refractivity contribution is 6.02. The maximum absolute atomic E-state index is 13.7. The van der Waals surface area contributed by atoms with E-state index in [0.717, 1.165) is 83.6 Å². The van der Waals surface area contributed by atoms with Crippen LogP contribution in [0.15, 0.2) is 89.0 Å². The number of fused-ring (bicyclic) bond motifs is 2. The van der Waals surface area contributed by atoms with Crippen molar-refractivity contribution in [3.8, 4) is 22.4 Å². The summed E-state index contributed by atoms with van der Waals surface area (Å²) in [5.74, 6) is 0.404. The number of nitrogens with zero attached hydrogens (tertiary/aromatic N) is 3. The van der Waals surface area contributed by atoms with Gasteiger partial charge in [0.25, 0.3) is 5.56 Å². The van der Waals surface area contributed by atoms with E-state index in [9.17, 15) is 19.2 Å². The first-order valence-corrected chi connectivity index (χ1v) is 20.1. The number of nitrogens with one attached hydrogen (secondary N) is 3. The topological polar surface area (TPSA) is 159 Å². The standard InChI is InChI=1S/C45H50N6O6/c1-26(56-2)35(22-39(52)57-3)45(55)51-19-5-7-38(51)42-48-25-37(50-42)30-14-12-28(13-15-30)27-8-10-29(11-9-27)34-21-36(47-24-34)40-31-16-17-32(20-31)41(40)44(54)49-23-33-6-4-18-46-43(33)53/h4,6,8-15,18,24-26,31-32,35,38,40-41H,5,7,16-17,19-23H2,1-3H3,(H,46,53)(H,48,50)(H,49,54)/t26-,31?,32?,35+,38+,40?,41-/m1/s1. The van der Waals surface area contributed by atoms with E-state index in [1.54, 1.807) is 32.4 Å². The Morgan fingerprint density at radius 3 is 2.39 bits per heavy atom. The summed E-state index contributed by atoms with van der Waals surface area (Å²) in [6, 6.07) is 20.2. The van der Waals surface area contributed by atoms with Gasteiger partial charge in [0.15, 0.2) is 0 Å². The minimum Gasteiger partial charge on any atom is -0.469 e. The third-order valence-corrected chi connectivity index (χ3v) is 12.8. The van der Waals surface area contributed by atoms with Crippen molar-refractivity contribution in [1.82, 2.24) is 25.2 Å². The highest BCUT2D eigenvalue weighted by Gasteiger charge is 2.52. The largest absolute Gasteiger partial charge is 0.469 e. The molecule has 2 bridgehead atoms. The number of aliphatic imine (C=N–C) groups is 1. The Hall–Kier alpha value is -5.62. The van der Waals surface area contributed by atoms with Crippen molar-refractivity contribution in [3.63, 3.8) is 0 Å². The molecule has 8 rings (SSSR count). The lowest BCUT2D eigenvalue weighted by Crippen LogP contribution is -2.41. The molecule has 2 aliphatic heterocycles. The SMILES string of the molecule is COC(=O)C[C@H](C(=O)N1CCC[C@H]1c1ncc(-c2ccc(-c3ccc(C4=CN=C(C5C6CCC(C6)[C@H]5C(=O)NCc5ccc[nH]c5=O)C4)cc3)cc2)[nH]1)[C@@H](C)OC. The quantitative estimate of drug-likeness (QED) is 0.131. The number of aromatic nitrogens is 3. The van der Waals surface area contributed by atoms with Gasteiger partial charge in [-0.05, 0) is 84.8 Å². The van der Waals surface area contributed by atoms with Gasteiger partial charge >= 0.3 is 5.97 Å². The van der Waals surface area contributed by atoms with E-state index < -0.39 is 18.0 Å². The maximum atomic E-state index is 13.7. The van der Waals surface area contributed by atoms with Gasteiger partial charge in [-0.3, -0.25) is 24.2 Å². The molecular formula is C45H50N6O6. The molecule has 2 aromatic carbocycles. The molecule has 4 heterocycles. The zero-order valence-electron chi connectivity index (χ0n) is 32.7. The number of methoxy groups -OCH3 is 2. The monoisotopic (exact) mass is 770 g/mol. The number of allylic oxidation sites excluding steroid dienone is 1. The van der Waals surface area contributed by atoms with Crippen LogP contribution in [0, 0.1) is 29.6 Å². The molecular weight excluding hydrogens is 721 g/mol. The molecule has 0 spiro atoms. The average molecular weight is 771 g/mol. The Morgan fingerprint density at radius 2 is 1.67 bits per heavy atom. The average Bonchev–Trinajstić information content (AvgIpc) is 4.10. The molecule has 4 aromatic rings. The van der Waals surface area contributed by atoms with Crippen molar-refractivity contribution in [1.29, 1.82) is 0 Å². The molecule has 2 amide bonds. The number of likely N-dealkylation sites (tertiary alicyclic amines) is 1. The van der Waals surface area contributed by atoms with Crippen LogP contribution in [0.2, 0.25) is 0 Å². The van der Waals surface area contributed by atoms with Crippen molar-refractivity contribution < 1.29 is 23.9 Å². The number of pyridine rings is 1. The van der Waals surface area contributed by atoms with Gasteiger partial charge in [-0.25, -0.2) is 4.98 Å². The van der Waals surface area contributed by atoms with E-state index in [4.69, 9.17) is 19.5 Å². The first-order valence-electron chi connectivity index (χ1n) is 20.1. The number of H-pyrrole nitrogens is 2. The van der Waals surface area contributed by atoms with Crippen LogP contribution in [-0.4, -0.2) is 70.2 Å². The number of carbonyl (C=O) groups excluding carboxylic acids is 3. The molecule has 4 aliphatic rings. The molecule has 1 saturated heterocycles. The molecule has 12 heteroatoms. The van der Waals surface area contributed by atoms with Crippen LogP contribution in [0.25, 0.3) is 28.0 Å². The van der Waals surface area contributed by atoms with Crippen molar-refractivity contribution in [2.24, 2.45) is 34.6 Å². The summed E-state index contributed by atoms with van der Waals surface area (Å²) < 4.78 is 10.3. The number of amides is 2. The summed E-state index contributed by atoms with van der Waals surface area (Å²) in [4.78, 5) is 69.1. The fourth-order valence-corrected chi connectivity index (χ4v) is 9.65. The smallest absolute Gasteiger partial charge is 0.306 e. The van der Waals surface area contributed by atoms with Gasteiger partial charge in [-0.1, -0.05) is 54.6 Å². The molecule has 7 atom stereocenters. The van der Waals surface area contributed by atoms with E-state index in [0.29, 0.717) is 23.9 Å². The Balaban J connectivity index is 0.890. The van der Waals surface area contributed by atoms with Crippen LogP contribution < -0.4 is 10.9 Å². The molecule has 2 saturated carbocycles. The predicted octanol–water partition coefficient (Wildman–Crippen LogP) is 6.47. The molecule has 3 fully saturated rings. The summed E-state index contributed by atoms with van der Waals surface area (Å²) >= 11 is 0. The van der Waals surface area contributed by atoms with Gasteiger partial charge in [0.1, 0.15) is 5.82 Å². The van der Waals surface area contributed by atoms with Crippen LogP contribution in [0.1, 0.15) is 74.9 Å². The number of ether oxygens (including phenoxy) is 2. The molecule has 3 unspecified atom stereocenters. The highest BCUT2D eigenvalue weighted by Crippen LogP contribution is 2.54. The lowest BCUT2D eigenvalue weighted by molar-refractivity contribution is -0.151. The van der Waals surface area contributed by atoms with Gasteiger partial charge in [0.05, 0.1) is 43.5 Å². The Bertz CT molecular complexity index is 2240. The second-order valence-corrected chi connectivity index (χ2v) is 15.9. The number of rotatable bonds is 13. The third kappa shape index (κ3) is 7.75. The molecule has 0 radical (unpaired) electrons. The summed E-state index contributed by atoms with van der Waals surface area (Å²) in [6.07, 6.45) is 10.5. The molecule has 3 N–H and O–H groups in total. The van der Waals surface area contributed by atoms with Gasteiger partial charge in [-0.15, -0.1) is 0 Å². The van der Waals surface area contributed by atoms with Crippen molar-refractivity contribution in [2.45, 2.75) is 70.6 Å². The molecule has 2 aromatic heterocycles. The van der Waals surface area contributed by atoms with Gasteiger partial charge in [0, 0.05) is 62.1 Å². The normalized spacial score (nSPS) is 23.6. The van der Waals surface area contributed by atoms with E-state index in [2.05, 4.69) is 63.8 Å². The van der Waals surface area contributed by atoms with Crippen LogP contribution in [0.3, 0.4) is 0 Å². The highest BCUT2D eigenvalue weighted by atomic mass is 16.5. The number of imidazole rings is 1. The van der Waals surface area contributed by atoms with Gasteiger partial charge in [0.2, 0.25) is 11.8 Å². The van der Waals surface area contributed by atoms with Crippen molar-refractivity contribution in [2.75, 3.05) is 20.8 Å². The number of esters is 1. The van der Waals surface area contributed by atoms with Crippen LogP contribution in [0.5, 0.6) is 0 Å². The fraction of sp³-hybridized carbons (Fsp3) is 0.422. The first-order chi connectivity index (χ1) is 27.7. The number of hydrogen-bond donors (Lipinski definition) is 3. The fourth-order valence-electron chi connectivity index (χ4n) is 9.65. The van der Waals surface area contributed by atoms with E-state index in [-0.39, 0.29) is 48.2 Å². The van der Waals surface area contributed by atoms with Crippen molar-refractivity contribution >= 4 is 29.1 Å². The Morgan fingerprint density at radius 1 is 0.947 bits per heavy atom. The van der Waals surface area contributed by atoms with Crippen LogP contribution >= 0.6 is 0 Å². The summed E-state index contributed by atoms with van der Waals surface area (Å²) in [5, 5.41) is 3.07. The summed E-state index contributed by atoms with van der Waals surface area (Å²) in [6.45, 7) is 2.62. The van der Waals surface area contributed by atoms with E-state index in [1.807, 2.05) is 17.3 Å². The number of carbonyl (C=O) groups is 3. The van der Waals surface area contributed by atoms with E-state index >= 15 is 0 Å². The zero-order chi connectivity index (χ0) is 39.6. The number of aromatic amines is 2.